The molecule has 0 aliphatic heterocycles. The standard InChI is InChI=1S/C16H24N2O2S/c1-12(2)17-9-13-4-5-14(18-10-13)21-11-16(6-7-16)8-15(19)20-3/h4-5,10,12,17H,6-9,11H2,1-3H3. The molecule has 5 heteroatoms. The minimum Gasteiger partial charge on any atom is -0.469 e. The Morgan fingerprint density at radius 2 is 2.24 bits per heavy atom. The molecule has 1 heterocycles. The zero-order valence-electron chi connectivity index (χ0n) is 13.0. The number of aromatic nitrogens is 1. The summed E-state index contributed by atoms with van der Waals surface area (Å²) in [4.78, 5) is 15.9. The molecule has 116 valence electrons. The number of nitrogens with one attached hydrogen (secondary N) is 1. The zero-order valence-corrected chi connectivity index (χ0v) is 13.8. The summed E-state index contributed by atoms with van der Waals surface area (Å²) in [6, 6.07) is 4.66. The molecular weight excluding hydrogens is 284 g/mol. The Morgan fingerprint density at radius 1 is 1.48 bits per heavy atom. The number of carbonyl (C=O) groups is 1. The summed E-state index contributed by atoms with van der Waals surface area (Å²) in [6.07, 6.45) is 4.70. The van der Waals surface area contributed by atoms with Gasteiger partial charge in [0.25, 0.3) is 0 Å². The summed E-state index contributed by atoms with van der Waals surface area (Å²) >= 11 is 1.74. The molecule has 0 aromatic carbocycles. The van der Waals surface area contributed by atoms with Crippen LogP contribution in [-0.4, -0.2) is 29.9 Å². The zero-order chi connectivity index (χ0) is 15.3. The van der Waals surface area contributed by atoms with Gasteiger partial charge in [-0.25, -0.2) is 4.98 Å². The van der Waals surface area contributed by atoms with Crippen molar-refractivity contribution < 1.29 is 9.53 Å². The van der Waals surface area contributed by atoms with Gasteiger partial charge < -0.3 is 10.1 Å². The molecule has 0 saturated heterocycles. The van der Waals surface area contributed by atoms with Gasteiger partial charge in [0.1, 0.15) is 0 Å². The Hall–Kier alpha value is -1.07. The number of carbonyl (C=O) groups excluding carboxylic acids is 1. The van der Waals surface area contributed by atoms with Crippen molar-refractivity contribution in [3.8, 4) is 0 Å². The lowest BCUT2D eigenvalue weighted by atomic mass is 10.1. The fourth-order valence-corrected chi connectivity index (χ4v) is 3.21. The number of thioether (sulfide) groups is 1. The number of methoxy groups -OCH3 is 1. The first-order valence-electron chi connectivity index (χ1n) is 7.41. The molecule has 1 aliphatic rings. The lowest BCUT2D eigenvalue weighted by molar-refractivity contribution is -0.141. The molecule has 0 atom stereocenters. The fraction of sp³-hybridized carbons (Fsp3) is 0.625. The minimum absolute atomic E-state index is 0.101. The predicted octanol–water partition coefficient (Wildman–Crippen LogP) is 3.02. The van der Waals surface area contributed by atoms with Crippen LogP contribution in [-0.2, 0) is 16.1 Å². The molecule has 1 aromatic heterocycles. The number of rotatable bonds is 8. The Bertz CT molecular complexity index is 470. The summed E-state index contributed by atoms with van der Waals surface area (Å²) in [5, 5.41) is 4.40. The molecule has 1 fully saturated rings. The van der Waals surface area contributed by atoms with E-state index in [9.17, 15) is 4.79 Å². The smallest absolute Gasteiger partial charge is 0.306 e. The molecule has 0 radical (unpaired) electrons. The summed E-state index contributed by atoms with van der Waals surface area (Å²) in [5.41, 5.74) is 1.35. The van der Waals surface area contributed by atoms with Crippen molar-refractivity contribution in [1.29, 1.82) is 0 Å². The number of ether oxygens (including phenoxy) is 1. The normalized spacial score (nSPS) is 16.0. The van der Waals surface area contributed by atoms with Crippen molar-refractivity contribution in [2.45, 2.75) is 50.7 Å². The predicted molar refractivity (Wildman–Crippen MR) is 85.2 cm³/mol. The summed E-state index contributed by atoms with van der Waals surface area (Å²) < 4.78 is 4.77. The van der Waals surface area contributed by atoms with Gasteiger partial charge in [-0.1, -0.05) is 19.9 Å². The number of esters is 1. The van der Waals surface area contributed by atoms with E-state index >= 15 is 0 Å². The second-order valence-electron chi connectivity index (χ2n) is 6.08. The molecule has 0 spiro atoms. The lowest BCUT2D eigenvalue weighted by Gasteiger charge is -2.13. The lowest BCUT2D eigenvalue weighted by Crippen LogP contribution is -2.21. The highest BCUT2D eigenvalue weighted by molar-refractivity contribution is 7.99. The van der Waals surface area contributed by atoms with Gasteiger partial charge in [0.15, 0.2) is 0 Å². The summed E-state index contributed by atoms with van der Waals surface area (Å²) in [6.45, 7) is 5.12. The van der Waals surface area contributed by atoms with E-state index in [-0.39, 0.29) is 11.4 Å². The van der Waals surface area contributed by atoms with Gasteiger partial charge in [-0.3, -0.25) is 4.79 Å². The number of hydrogen-bond donors (Lipinski definition) is 1. The van der Waals surface area contributed by atoms with Crippen LogP contribution in [0.3, 0.4) is 0 Å². The maximum atomic E-state index is 11.4. The van der Waals surface area contributed by atoms with Crippen LogP contribution in [0.15, 0.2) is 23.4 Å². The first-order chi connectivity index (χ1) is 10.0. The fourth-order valence-electron chi connectivity index (χ4n) is 2.08. The van der Waals surface area contributed by atoms with Crippen LogP contribution >= 0.6 is 11.8 Å². The van der Waals surface area contributed by atoms with Crippen molar-refractivity contribution in [3.63, 3.8) is 0 Å². The molecule has 4 nitrogen and oxygen atoms in total. The van der Waals surface area contributed by atoms with E-state index in [1.165, 1.54) is 12.7 Å². The van der Waals surface area contributed by atoms with Crippen LogP contribution in [0, 0.1) is 5.41 Å². The van der Waals surface area contributed by atoms with Crippen LogP contribution in [0.2, 0.25) is 0 Å². The van der Waals surface area contributed by atoms with Crippen LogP contribution in [0.5, 0.6) is 0 Å². The van der Waals surface area contributed by atoms with Crippen LogP contribution in [0.4, 0.5) is 0 Å². The molecule has 21 heavy (non-hydrogen) atoms. The first-order valence-corrected chi connectivity index (χ1v) is 8.39. The maximum Gasteiger partial charge on any atom is 0.306 e. The minimum atomic E-state index is -0.101. The third-order valence-corrected chi connectivity index (χ3v) is 5.04. The van der Waals surface area contributed by atoms with Crippen molar-refractivity contribution in [2.75, 3.05) is 12.9 Å². The quantitative estimate of drug-likeness (QED) is 0.591. The molecule has 0 bridgehead atoms. The Morgan fingerprint density at radius 3 is 2.76 bits per heavy atom. The topological polar surface area (TPSA) is 51.2 Å². The van der Waals surface area contributed by atoms with E-state index in [0.717, 1.165) is 30.2 Å². The van der Waals surface area contributed by atoms with Crippen LogP contribution in [0.1, 0.15) is 38.7 Å². The van der Waals surface area contributed by atoms with Crippen LogP contribution in [0.25, 0.3) is 0 Å². The average molecular weight is 308 g/mol. The van der Waals surface area contributed by atoms with Gasteiger partial charge >= 0.3 is 5.97 Å². The highest BCUT2D eigenvalue weighted by atomic mass is 32.2. The number of pyridine rings is 1. The molecule has 1 aliphatic carbocycles. The third kappa shape index (κ3) is 5.32. The van der Waals surface area contributed by atoms with Crippen molar-refractivity contribution in [2.24, 2.45) is 5.41 Å². The van der Waals surface area contributed by atoms with Gasteiger partial charge in [0.2, 0.25) is 0 Å². The first kappa shape index (κ1) is 16.3. The average Bonchev–Trinajstić information content (AvgIpc) is 3.24. The van der Waals surface area contributed by atoms with E-state index < -0.39 is 0 Å². The van der Waals surface area contributed by atoms with Crippen LogP contribution < -0.4 is 5.32 Å². The molecule has 0 unspecified atom stereocenters. The summed E-state index contributed by atoms with van der Waals surface area (Å²) in [7, 11) is 1.46. The van der Waals surface area contributed by atoms with E-state index in [1.54, 1.807) is 11.8 Å². The molecule has 0 amide bonds. The van der Waals surface area contributed by atoms with Crippen molar-refractivity contribution in [1.82, 2.24) is 10.3 Å². The Labute approximate surface area is 131 Å². The van der Waals surface area contributed by atoms with E-state index in [1.807, 2.05) is 6.20 Å². The molecule has 1 aromatic rings. The Kier molecular flexibility index (Phi) is 5.65. The summed E-state index contributed by atoms with van der Waals surface area (Å²) in [5.74, 6) is 0.842. The molecular formula is C16H24N2O2S. The third-order valence-electron chi connectivity index (χ3n) is 3.74. The second-order valence-corrected chi connectivity index (χ2v) is 7.08. The van der Waals surface area contributed by atoms with E-state index in [4.69, 9.17) is 4.74 Å². The SMILES string of the molecule is COC(=O)CC1(CSc2ccc(CNC(C)C)cn2)CC1. The van der Waals surface area contributed by atoms with Gasteiger partial charge in [-0.2, -0.15) is 0 Å². The molecule has 2 rings (SSSR count). The van der Waals surface area contributed by atoms with E-state index in [0.29, 0.717) is 12.5 Å². The van der Waals surface area contributed by atoms with Gasteiger partial charge in [0.05, 0.1) is 18.6 Å². The van der Waals surface area contributed by atoms with Crippen molar-refractivity contribution >= 4 is 17.7 Å². The molecule has 1 saturated carbocycles. The number of hydrogen-bond acceptors (Lipinski definition) is 5. The van der Waals surface area contributed by atoms with Gasteiger partial charge in [-0.05, 0) is 29.9 Å². The van der Waals surface area contributed by atoms with Crippen molar-refractivity contribution in [3.05, 3.63) is 23.9 Å². The van der Waals surface area contributed by atoms with Gasteiger partial charge in [-0.15, -0.1) is 11.8 Å². The Balaban J connectivity index is 1.80. The highest BCUT2D eigenvalue weighted by Gasteiger charge is 2.44. The van der Waals surface area contributed by atoms with Gasteiger partial charge in [0, 0.05) is 24.5 Å². The second kappa shape index (κ2) is 7.27. The largest absolute Gasteiger partial charge is 0.469 e. The highest BCUT2D eigenvalue weighted by Crippen LogP contribution is 2.51. The maximum absolute atomic E-state index is 11.4. The number of nitrogens with zero attached hydrogens (tertiary/aromatic N) is 1. The monoisotopic (exact) mass is 308 g/mol. The van der Waals surface area contributed by atoms with E-state index in [2.05, 4.69) is 36.3 Å². The molecule has 1 N–H and O–H groups in total.